The van der Waals surface area contributed by atoms with E-state index in [1.165, 1.54) is 41.1 Å². The van der Waals surface area contributed by atoms with Gasteiger partial charge in [-0.2, -0.15) is 0 Å². The molecule has 0 aliphatic heterocycles. The first kappa shape index (κ1) is 17.3. The number of hydrogen-bond acceptors (Lipinski definition) is 0. The third-order valence-corrected chi connectivity index (χ3v) is 8.97. The average Bonchev–Trinajstić information content (AvgIpc) is 2.64. The van der Waals surface area contributed by atoms with E-state index in [1.54, 1.807) is 0 Å². The lowest BCUT2D eigenvalue weighted by atomic mass is 10.2. The molecule has 0 aliphatic carbocycles. The molecular formula is C22H24P2. The van der Waals surface area contributed by atoms with E-state index < -0.39 is 0 Å². The van der Waals surface area contributed by atoms with Crippen molar-refractivity contribution in [3.05, 3.63) is 108 Å². The molecule has 0 aliphatic rings. The lowest BCUT2D eigenvalue weighted by Gasteiger charge is -2.18. The van der Waals surface area contributed by atoms with Crippen LogP contribution in [0.15, 0.2) is 91.0 Å². The van der Waals surface area contributed by atoms with Crippen LogP contribution >= 0.6 is 16.5 Å². The summed E-state index contributed by atoms with van der Waals surface area (Å²) in [4.78, 5) is 0. The van der Waals surface area contributed by atoms with Crippen molar-refractivity contribution < 1.29 is 0 Å². The molecule has 1 unspecified atom stereocenters. The Bertz CT molecular complexity index is 654. The molecule has 3 aromatic carbocycles. The average molecular weight is 350 g/mol. The van der Waals surface area contributed by atoms with Gasteiger partial charge in [0.25, 0.3) is 0 Å². The quantitative estimate of drug-likeness (QED) is 0.396. The summed E-state index contributed by atoms with van der Waals surface area (Å²) in [7, 11) is 1.03. The normalized spacial score (nSPS) is 11.4. The Hall–Kier alpha value is -1.48. The van der Waals surface area contributed by atoms with E-state index in [9.17, 15) is 0 Å². The van der Waals surface area contributed by atoms with Crippen LogP contribution in [0, 0.1) is 0 Å². The maximum atomic E-state index is 2.28. The van der Waals surface area contributed by atoms with E-state index in [0.29, 0.717) is 0 Å². The van der Waals surface area contributed by atoms with E-state index in [-0.39, 0.29) is 7.92 Å². The number of rotatable bonds is 8. The molecule has 0 amide bonds. The summed E-state index contributed by atoms with van der Waals surface area (Å²) in [5.74, 6) is 1.37. The summed E-state index contributed by atoms with van der Waals surface area (Å²) in [6.45, 7) is 0. The monoisotopic (exact) mass is 350 g/mol. The Kier molecular flexibility index (Phi) is 7.03. The molecule has 1 atom stereocenters. The van der Waals surface area contributed by atoms with Gasteiger partial charge in [0.15, 0.2) is 0 Å². The minimum absolute atomic E-state index is 0.00287. The zero-order valence-electron chi connectivity index (χ0n) is 13.9. The fraction of sp³-hybridized carbons (Fsp3) is 0.182. The van der Waals surface area contributed by atoms with Gasteiger partial charge in [-0.15, -0.1) is 8.58 Å². The molecule has 0 saturated heterocycles. The highest BCUT2D eigenvalue weighted by atomic mass is 31.2. The van der Waals surface area contributed by atoms with Gasteiger partial charge in [0, 0.05) is 0 Å². The molecule has 3 rings (SSSR count). The molecule has 0 N–H and O–H groups in total. The van der Waals surface area contributed by atoms with E-state index in [4.69, 9.17) is 0 Å². The molecule has 0 aromatic heterocycles. The molecule has 2 heteroatoms. The van der Waals surface area contributed by atoms with Crippen molar-refractivity contribution in [1.82, 2.24) is 0 Å². The minimum atomic E-state index is 0.00287. The predicted molar refractivity (Wildman–Crippen MR) is 111 cm³/mol. The molecule has 3 aromatic rings. The molecule has 0 saturated carbocycles. The van der Waals surface area contributed by atoms with E-state index in [0.717, 1.165) is 8.58 Å². The van der Waals surface area contributed by atoms with Crippen LogP contribution < -0.4 is 0 Å². The Balaban J connectivity index is 1.60. The summed E-state index contributed by atoms with van der Waals surface area (Å²) in [6.07, 6.45) is 3.71. The molecule has 122 valence electrons. The highest BCUT2D eigenvalue weighted by Crippen LogP contribution is 2.48. The van der Waals surface area contributed by atoms with Crippen molar-refractivity contribution in [3.8, 4) is 0 Å². The van der Waals surface area contributed by atoms with Crippen molar-refractivity contribution >= 4 is 16.5 Å². The zero-order chi connectivity index (χ0) is 16.5. The van der Waals surface area contributed by atoms with Gasteiger partial charge >= 0.3 is 0 Å². The second-order valence-electron chi connectivity index (χ2n) is 6.03. The Morgan fingerprint density at radius 2 is 0.958 bits per heavy atom. The van der Waals surface area contributed by atoms with Gasteiger partial charge in [-0.25, -0.2) is 0 Å². The molecule has 0 fully saturated rings. The summed E-state index contributed by atoms with van der Waals surface area (Å²) in [5.41, 5.74) is 4.46. The van der Waals surface area contributed by atoms with Crippen LogP contribution in [-0.4, -0.2) is 5.90 Å². The number of benzene rings is 3. The highest BCUT2D eigenvalue weighted by Gasteiger charge is 2.10. The van der Waals surface area contributed by atoms with Crippen molar-refractivity contribution in [2.75, 3.05) is 5.90 Å². The maximum Gasteiger partial charge on any atom is -0.00670 e. The highest BCUT2D eigenvalue weighted by molar-refractivity contribution is 7.66. The van der Waals surface area contributed by atoms with Crippen molar-refractivity contribution in [3.63, 3.8) is 0 Å². The first-order valence-electron chi connectivity index (χ1n) is 8.45. The van der Waals surface area contributed by atoms with Gasteiger partial charge in [-0.3, -0.25) is 0 Å². The van der Waals surface area contributed by atoms with Crippen molar-refractivity contribution in [2.24, 2.45) is 0 Å². The zero-order valence-corrected chi connectivity index (χ0v) is 15.8. The molecule has 24 heavy (non-hydrogen) atoms. The van der Waals surface area contributed by atoms with Crippen molar-refractivity contribution in [1.29, 1.82) is 0 Å². The van der Waals surface area contributed by atoms with Crippen LogP contribution in [0.25, 0.3) is 0 Å². The van der Waals surface area contributed by atoms with Gasteiger partial charge in [0.1, 0.15) is 0 Å². The lowest BCUT2D eigenvalue weighted by Crippen LogP contribution is -1.91. The summed E-state index contributed by atoms with van der Waals surface area (Å²) in [5, 5.41) is 0. The molecule has 0 bridgehead atoms. The Morgan fingerprint density at radius 1 is 0.542 bits per heavy atom. The molecular weight excluding hydrogens is 326 g/mol. The minimum Gasteiger partial charge on any atom is -0.113 e. The topological polar surface area (TPSA) is 0 Å². The summed E-state index contributed by atoms with van der Waals surface area (Å²) in [6, 6.07) is 32.9. The third-order valence-electron chi connectivity index (χ3n) is 4.01. The standard InChI is InChI=1S/C22H24P2/c1-4-10-20(11-5-1)16-23-19-24(17-21-12-6-2-7-13-21)18-22-14-8-3-9-15-22/h1-15,23H,16-19H2. The lowest BCUT2D eigenvalue weighted by molar-refractivity contribution is 1.32. The number of hydrogen-bond donors (Lipinski definition) is 0. The smallest absolute Gasteiger partial charge is 0.00670 e. The molecule has 0 heterocycles. The second-order valence-corrected chi connectivity index (χ2v) is 10.1. The van der Waals surface area contributed by atoms with Crippen LogP contribution in [-0.2, 0) is 18.5 Å². The van der Waals surface area contributed by atoms with Crippen LogP contribution in [0.5, 0.6) is 0 Å². The van der Waals surface area contributed by atoms with E-state index in [1.807, 2.05) is 0 Å². The van der Waals surface area contributed by atoms with Gasteiger partial charge in [0.2, 0.25) is 0 Å². The summed E-state index contributed by atoms with van der Waals surface area (Å²) < 4.78 is 0. The SMILES string of the molecule is c1ccc(CPCP(Cc2ccccc2)Cc2ccccc2)cc1. The maximum absolute atomic E-state index is 2.28. The molecule has 0 spiro atoms. The fourth-order valence-corrected chi connectivity index (χ4v) is 7.50. The first-order valence-corrected chi connectivity index (χ1v) is 11.8. The Labute approximate surface area is 148 Å². The first-order chi connectivity index (χ1) is 11.9. The fourth-order valence-electron chi connectivity index (χ4n) is 2.81. The van der Waals surface area contributed by atoms with Gasteiger partial charge in [-0.1, -0.05) is 98.9 Å². The predicted octanol–water partition coefficient (Wildman–Crippen LogP) is 6.70. The molecule has 0 radical (unpaired) electrons. The van der Waals surface area contributed by atoms with Gasteiger partial charge in [-0.05, 0) is 41.1 Å². The second kappa shape index (κ2) is 9.73. The van der Waals surface area contributed by atoms with Crippen LogP contribution in [0.1, 0.15) is 16.7 Å². The largest absolute Gasteiger partial charge is 0.113 e. The summed E-state index contributed by atoms with van der Waals surface area (Å²) >= 11 is 0. The van der Waals surface area contributed by atoms with Crippen LogP contribution in [0.3, 0.4) is 0 Å². The Morgan fingerprint density at radius 3 is 1.42 bits per heavy atom. The van der Waals surface area contributed by atoms with Crippen LogP contribution in [0.4, 0.5) is 0 Å². The van der Waals surface area contributed by atoms with Crippen LogP contribution in [0.2, 0.25) is 0 Å². The van der Waals surface area contributed by atoms with Crippen molar-refractivity contribution in [2.45, 2.75) is 18.5 Å². The third kappa shape index (κ3) is 5.86. The van der Waals surface area contributed by atoms with E-state index in [2.05, 4.69) is 91.0 Å². The van der Waals surface area contributed by atoms with Gasteiger partial charge < -0.3 is 0 Å². The van der Waals surface area contributed by atoms with Gasteiger partial charge in [0.05, 0.1) is 0 Å². The van der Waals surface area contributed by atoms with E-state index >= 15 is 0 Å². The molecule has 0 nitrogen and oxygen atoms in total.